The summed E-state index contributed by atoms with van der Waals surface area (Å²) in [7, 11) is 0. The number of benzene rings is 1. The number of carbonyl (C=O) groups is 2. The van der Waals surface area contributed by atoms with E-state index in [1.54, 1.807) is 6.92 Å². The van der Waals surface area contributed by atoms with Gasteiger partial charge >= 0.3 is 5.97 Å². The number of hydrogen-bond donors (Lipinski definition) is 0. The Hall–Kier alpha value is -2.39. The van der Waals surface area contributed by atoms with Crippen LogP contribution in [0.15, 0.2) is 34.6 Å². The van der Waals surface area contributed by atoms with Gasteiger partial charge in [-0.25, -0.2) is 8.78 Å². The van der Waals surface area contributed by atoms with Crippen molar-refractivity contribution in [2.24, 2.45) is 4.99 Å². The molecule has 3 rings (SSSR count). The standard InChI is InChI=1S/C17H14F2N2O3S2/c1-2-24-15(23)9-21-16-12(19)6-10(18)7-13(16)26-17(21)20-14(22)8-11-4-3-5-25-11/h3-7H,2,8-9H2,1H3. The highest BCUT2D eigenvalue weighted by Gasteiger charge is 2.17. The first kappa shape index (κ1) is 18.4. The van der Waals surface area contributed by atoms with Crippen molar-refractivity contribution >= 4 is 44.8 Å². The zero-order chi connectivity index (χ0) is 18.7. The number of esters is 1. The van der Waals surface area contributed by atoms with E-state index in [4.69, 9.17) is 4.74 Å². The Morgan fingerprint density at radius 1 is 1.31 bits per heavy atom. The maximum absolute atomic E-state index is 14.3. The van der Waals surface area contributed by atoms with Crippen LogP contribution in [0.2, 0.25) is 0 Å². The summed E-state index contributed by atoms with van der Waals surface area (Å²) in [5.74, 6) is -2.59. The van der Waals surface area contributed by atoms with Gasteiger partial charge in [-0.05, 0) is 24.4 Å². The first-order valence-electron chi connectivity index (χ1n) is 7.72. The molecule has 0 fully saturated rings. The smallest absolute Gasteiger partial charge is 0.326 e. The van der Waals surface area contributed by atoms with E-state index in [9.17, 15) is 18.4 Å². The fourth-order valence-electron chi connectivity index (χ4n) is 2.41. The summed E-state index contributed by atoms with van der Waals surface area (Å²) in [6.07, 6.45) is 0.0994. The van der Waals surface area contributed by atoms with E-state index >= 15 is 0 Å². The molecule has 0 N–H and O–H groups in total. The molecule has 136 valence electrons. The van der Waals surface area contributed by atoms with Crippen molar-refractivity contribution < 1.29 is 23.1 Å². The second kappa shape index (κ2) is 7.88. The summed E-state index contributed by atoms with van der Waals surface area (Å²) in [5, 5.41) is 1.85. The van der Waals surface area contributed by atoms with Gasteiger partial charge in [-0.2, -0.15) is 4.99 Å². The summed E-state index contributed by atoms with van der Waals surface area (Å²) in [6, 6.07) is 5.51. The molecule has 9 heteroatoms. The first-order chi connectivity index (χ1) is 12.5. The summed E-state index contributed by atoms with van der Waals surface area (Å²) in [6.45, 7) is 1.50. The number of hydrogen-bond acceptors (Lipinski definition) is 5. The Balaban J connectivity index is 2.07. The third-order valence-electron chi connectivity index (χ3n) is 3.41. The van der Waals surface area contributed by atoms with Crippen LogP contribution < -0.4 is 4.80 Å². The van der Waals surface area contributed by atoms with Crippen LogP contribution in [-0.2, 0) is 27.3 Å². The van der Waals surface area contributed by atoms with E-state index < -0.39 is 23.5 Å². The van der Waals surface area contributed by atoms with Crippen molar-refractivity contribution in [2.75, 3.05) is 6.61 Å². The van der Waals surface area contributed by atoms with Gasteiger partial charge in [-0.3, -0.25) is 9.59 Å². The predicted molar refractivity (Wildman–Crippen MR) is 95.0 cm³/mol. The van der Waals surface area contributed by atoms with Crippen molar-refractivity contribution in [1.82, 2.24) is 4.57 Å². The number of thiazole rings is 1. The second-order valence-corrected chi connectivity index (χ2v) is 7.31. The van der Waals surface area contributed by atoms with E-state index in [-0.39, 0.29) is 34.6 Å². The summed E-state index contributed by atoms with van der Waals surface area (Å²) in [4.78, 5) is 29.1. The molecule has 0 atom stereocenters. The number of aromatic nitrogens is 1. The van der Waals surface area contributed by atoms with Crippen molar-refractivity contribution in [2.45, 2.75) is 19.9 Å². The Kier molecular flexibility index (Phi) is 5.58. The van der Waals surface area contributed by atoms with Gasteiger partial charge in [-0.15, -0.1) is 11.3 Å². The van der Waals surface area contributed by atoms with Gasteiger partial charge in [0.05, 0.1) is 23.2 Å². The topological polar surface area (TPSA) is 60.7 Å². The van der Waals surface area contributed by atoms with Crippen LogP contribution in [0, 0.1) is 11.6 Å². The fourth-order valence-corrected chi connectivity index (χ4v) is 4.19. The van der Waals surface area contributed by atoms with Crippen molar-refractivity contribution in [3.63, 3.8) is 0 Å². The molecule has 2 aromatic heterocycles. The highest BCUT2D eigenvalue weighted by molar-refractivity contribution is 7.16. The molecule has 0 aliphatic carbocycles. The van der Waals surface area contributed by atoms with Crippen molar-refractivity contribution in [1.29, 1.82) is 0 Å². The molecule has 2 heterocycles. The Morgan fingerprint density at radius 2 is 2.12 bits per heavy atom. The Labute approximate surface area is 155 Å². The van der Waals surface area contributed by atoms with E-state index in [2.05, 4.69) is 4.99 Å². The number of thiophene rings is 1. The number of amides is 1. The lowest BCUT2D eigenvalue weighted by Crippen LogP contribution is -2.23. The van der Waals surface area contributed by atoms with E-state index in [0.29, 0.717) is 0 Å². The molecule has 0 unspecified atom stereocenters. The third kappa shape index (κ3) is 4.05. The maximum Gasteiger partial charge on any atom is 0.326 e. The summed E-state index contributed by atoms with van der Waals surface area (Å²) in [5.41, 5.74) is 0.0205. The SMILES string of the molecule is CCOC(=O)Cn1c(=NC(=O)Cc2cccs2)sc2cc(F)cc(F)c21. The second-order valence-electron chi connectivity index (χ2n) is 5.27. The molecule has 0 bridgehead atoms. The van der Waals surface area contributed by atoms with Crippen LogP contribution in [0.5, 0.6) is 0 Å². The molecule has 0 aliphatic heterocycles. The lowest BCUT2D eigenvalue weighted by Gasteiger charge is -2.05. The molecule has 5 nitrogen and oxygen atoms in total. The fraction of sp³-hybridized carbons (Fsp3) is 0.235. The largest absolute Gasteiger partial charge is 0.465 e. The molecule has 1 amide bonds. The van der Waals surface area contributed by atoms with Crippen LogP contribution in [-0.4, -0.2) is 23.1 Å². The van der Waals surface area contributed by atoms with Crippen molar-refractivity contribution in [3.8, 4) is 0 Å². The average Bonchev–Trinajstić information content (AvgIpc) is 3.16. The van der Waals surface area contributed by atoms with E-state index in [0.717, 1.165) is 28.3 Å². The number of carbonyl (C=O) groups excluding carboxylic acids is 2. The van der Waals surface area contributed by atoms with Crippen LogP contribution >= 0.6 is 22.7 Å². The lowest BCUT2D eigenvalue weighted by molar-refractivity contribution is -0.143. The summed E-state index contributed by atoms with van der Waals surface area (Å²) >= 11 is 2.37. The zero-order valence-electron chi connectivity index (χ0n) is 13.7. The molecule has 0 aliphatic rings. The minimum Gasteiger partial charge on any atom is -0.465 e. The van der Waals surface area contributed by atoms with Crippen LogP contribution in [0.25, 0.3) is 10.2 Å². The minimum atomic E-state index is -0.826. The molecule has 1 aromatic carbocycles. The third-order valence-corrected chi connectivity index (χ3v) is 5.32. The number of halogens is 2. The van der Waals surface area contributed by atoms with E-state index in [1.807, 2.05) is 17.5 Å². The zero-order valence-corrected chi connectivity index (χ0v) is 15.3. The van der Waals surface area contributed by atoms with Crippen LogP contribution in [0.1, 0.15) is 11.8 Å². The first-order valence-corrected chi connectivity index (χ1v) is 9.41. The predicted octanol–water partition coefficient (Wildman–Crippen LogP) is 3.28. The van der Waals surface area contributed by atoms with Crippen LogP contribution in [0.3, 0.4) is 0 Å². The highest BCUT2D eigenvalue weighted by Crippen LogP contribution is 2.22. The average molecular weight is 396 g/mol. The van der Waals surface area contributed by atoms with E-state index in [1.165, 1.54) is 15.9 Å². The van der Waals surface area contributed by atoms with Gasteiger partial charge in [0.25, 0.3) is 5.91 Å². The van der Waals surface area contributed by atoms with Gasteiger partial charge < -0.3 is 9.30 Å². The number of rotatable bonds is 5. The molecule has 0 saturated heterocycles. The van der Waals surface area contributed by atoms with Gasteiger partial charge in [0, 0.05) is 10.9 Å². The molecular weight excluding hydrogens is 382 g/mol. The maximum atomic E-state index is 14.3. The number of nitrogens with zero attached hydrogens (tertiary/aromatic N) is 2. The number of ether oxygens (including phenoxy) is 1. The summed E-state index contributed by atoms with van der Waals surface area (Å²) < 4.78 is 34.2. The minimum absolute atomic E-state index is 0.0205. The van der Waals surface area contributed by atoms with Crippen molar-refractivity contribution in [3.05, 3.63) is 51.0 Å². The molecule has 0 spiro atoms. The highest BCUT2D eigenvalue weighted by atomic mass is 32.1. The molecule has 0 saturated carbocycles. The monoisotopic (exact) mass is 396 g/mol. The number of fused-ring (bicyclic) bond motifs is 1. The van der Waals surface area contributed by atoms with Gasteiger partial charge in [0.1, 0.15) is 12.4 Å². The Bertz CT molecular complexity index is 1020. The van der Waals surface area contributed by atoms with Crippen LogP contribution in [0.4, 0.5) is 8.78 Å². The Morgan fingerprint density at radius 3 is 2.81 bits per heavy atom. The molecule has 0 radical (unpaired) electrons. The molecule has 26 heavy (non-hydrogen) atoms. The molecular formula is C17H14F2N2O3S2. The quantitative estimate of drug-likeness (QED) is 0.622. The van der Waals surface area contributed by atoms with Gasteiger partial charge in [-0.1, -0.05) is 17.4 Å². The molecule has 3 aromatic rings. The van der Waals surface area contributed by atoms with Gasteiger partial charge in [0.15, 0.2) is 10.6 Å². The normalized spacial score (nSPS) is 11.9. The van der Waals surface area contributed by atoms with Gasteiger partial charge in [0.2, 0.25) is 0 Å². The lowest BCUT2D eigenvalue weighted by atomic mass is 10.3.